The second-order valence-electron chi connectivity index (χ2n) is 33.5. The zero-order chi connectivity index (χ0) is 94.1. The maximum atomic E-state index is 7.10. The highest BCUT2D eigenvalue weighted by atomic mass is 35.5. The maximum absolute atomic E-state index is 7.10. The lowest BCUT2D eigenvalue weighted by molar-refractivity contribution is 1.33. The molecule has 0 N–H and O–H groups in total. The number of aromatic nitrogens is 2. The Morgan fingerprint density at radius 3 is 0.480 bits per heavy atom. The van der Waals surface area contributed by atoms with Gasteiger partial charge in [-0.2, -0.15) is 0 Å². The summed E-state index contributed by atoms with van der Waals surface area (Å²) >= 11 is 6.81. The normalized spacial score (nSPS) is 10.2. The first kappa shape index (κ1) is 114. The fourth-order valence-corrected chi connectivity index (χ4v) is 20.4. The van der Waals surface area contributed by atoms with Gasteiger partial charge >= 0.3 is 0 Å². The van der Waals surface area contributed by atoms with Crippen molar-refractivity contribution in [3.8, 4) is 67.0 Å². The van der Waals surface area contributed by atoms with E-state index in [0.29, 0.717) is 5.02 Å². The van der Waals surface area contributed by atoms with Crippen molar-refractivity contribution in [1.82, 2.24) is 9.97 Å². The van der Waals surface area contributed by atoms with Crippen LogP contribution in [-0.2, 0) is 0 Å². The first-order valence-corrected chi connectivity index (χ1v) is 41.6. The quantitative estimate of drug-likeness (QED) is 0.0356. The van der Waals surface area contributed by atoms with Gasteiger partial charge in [0.05, 0.1) is 11.4 Å². The van der Waals surface area contributed by atoms with Crippen LogP contribution in [0.4, 0.5) is 0 Å². The molecule has 2 aromatic heterocycles. The minimum atomic E-state index is -1.97. The van der Waals surface area contributed by atoms with Crippen molar-refractivity contribution in [2.45, 2.75) is 0 Å². The summed E-state index contributed by atoms with van der Waals surface area (Å²) in [6, 6.07) is 52.5. The maximum Gasteiger partial charge on any atom is 0.0701 e. The molecule has 0 saturated carbocycles. The van der Waals surface area contributed by atoms with Gasteiger partial charge in [0, 0.05) is 609 Å². The summed E-state index contributed by atoms with van der Waals surface area (Å²) in [4.78, 5) is 8.99. The molecule has 0 saturated heterocycles. The number of benzene rings is 5. The third-order valence-electron chi connectivity index (χ3n) is 25.0. The van der Waals surface area contributed by atoms with Gasteiger partial charge in [0.25, 0.3) is 0 Å². The Bertz CT molecular complexity index is 3780. The molecule has 0 unspecified atom stereocenters. The number of hydrogen-bond acceptors (Lipinski definition) is 2. The predicted molar refractivity (Wildman–Crippen MR) is 651 cm³/mol. The molecule has 7 rings (SSSR count). The van der Waals surface area contributed by atoms with Crippen molar-refractivity contribution in [2.24, 2.45) is 0 Å². The highest BCUT2D eigenvalue weighted by Crippen LogP contribution is 2.40. The van der Waals surface area contributed by atoms with Gasteiger partial charge in [0.1, 0.15) is 0 Å². The molecule has 0 fully saturated rings. The van der Waals surface area contributed by atoms with Crippen LogP contribution in [0.5, 0.6) is 0 Å². The van der Waals surface area contributed by atoms with Crippen molar-refractivity contribution in [3.63, 3.8) is 0 Å². The molecule has 0 aliphatic carbocycles. The van der Waals surface area contributed by atoms with Crippen LogP contribution >= 0.6 is 11.6 Å². The number of halogens is 1. The Balaban J connectivity index is 0.000000461. The van der Waals surface area contributed by atoms with Crippen LogP contribution < -0.4 is 0 Å². The molecule has 5 aromatic carbocycles. The van der Waals surface area contributed by atoms with Gasteiger partial charge in [-0.1, -0.05) is 121 Å². The van der Waals surface area contributed by atoms with Crippen LogP contribution in [-0.4, -0.2) is 590 Å². The summed E-state index contributed by atoms with van der Waals surface area (Å²) in [7, 11) is 289. The fraction of sp³-hybridized carbons (Fsp3) is 0. The molecule has 450 valence electrons. The topological polar surface area (TPSA) is 25.8 Å². The number of nitrogens with zero attached hydrogens (tertiary/aromatic N) is 2. The molecule has 84 radical (unpaired) electrons. The second-order valence-corrected chi connectivity index (χ2v) is 33.9. The predicted octanol–water partition coefficient (Wildman–Crippen LogP) is -20.1. The molecule has 0 aliphatic heterocycles. The minimum Gasteiger partial charge on any atom is -0.256 e. The van der Waals surface area contributed by atoms with Crippen molar-refractivity contribution in [3.05, 3.63) is 169 Å². The Hall–Kier alpha value is 0.0147. The molecule has 0 amide bonds. The van der Waals surface area contributed by atoms with Gasteiger partial charge in [-0.25, -0.2) is 0 Å². The largest absolute Gasteiger partial charge is 0.256 e. The molecule has 2 nitrogen and oxygen atoms in total. The molecular weight excluding hydrogens is 1430 g/mol. The Morgan fingerprint density at radius 2 is 0.304 bits per heavy atom. The third-order valence-corrected chi connectivity index (χ3v) is 25.2. The third kappa shape index (κ3) is 29.5. The van der Waals surface area contributed by atoms with E-state index >= 15 is 0 Å². The van der Waals surface area contributed by atoms with E-state index in [0.717, 1.165) is 67.0 Å². The lowest BCUT2D eigenvalue weighted by atomic mass is 8.20. The lowest BCUT2D eigenvalue weighted by Gasteiger charge is -2.61. The van der Waals surface area contributed by atoms with Gasteiger partial charge in [-0.15, -0.1) is 0 Å². The van der Waals surface area contributed by atoms with Gasteiger partial charge in [0.2, 0.25) is 0 Å². The monoisotopic (exact) mass is 1470 g/mol. The average Bonchev–Trinajstić information content (AvgIpc) is 0.711. The van der Waals surface area contributed by atoms with Crippen molar-refractivity contribution in [2.75, 3.05) is 0 Å². The second kappa shape index (κ2) is 53.1. The first-order valence-electron chi connectivity index (χ1n) is 41.3. The first-order chi connectivity index (χ1) is 58.5. The average molecular weight is 1460 g/mol. The summed E-state index contributed by atoms with van der Waals surface area (Å²) < 4.78 is 0. The summed E-state index contributed by atoms with van der Waals surface area (Å²) in [5, 5.41) is 0.702. The zero-order valence-corrected chi connectivity index (χ0v) is 71.5. The summed E-state index contributed by atoms with van der Waals surface area (Å²) in [6.45, 7) is 0. The van der Waals surface area contributed by atoms with E-state index in [1.807, 2.05) is 48.8 Å². The lowest BCUT2D eigenvalue weighted by Crippen LogP contribution is -3.00. The van der Waals surface area contributed by atoms with E-state index < -0.39 is 255 Å². The Kier molecular flexibility index (Phi) is 48.3. The van der Waals surface area contributed by atoms with Crippen LogP contribution in [0.2, 0.25) is 5.02 Å². The van der Waals surface area contributed by atoms with Crippen molar-refractivity contribution in [1.29, 1.82) is 0 Å². The standard InChI is InChI=1S/C40H27ClN2.B82/c41-34-26-32(37-11-3-1-9-35(37)28-15-19-30(20-16-28)39-13-5-7-23-42-39)25-33(27-34)38-12-4-2-10-36(38)29-17-21-31(22-18-29)40-14-6-8-24-43-40;1-43(2)64(44(3)4)74(63(41)42)79(73(61(37)38)62(39)40)82(80(75(65(45(5)6)46(7)8)66(47(9)10)48(11)12)76(67(49(13)14)50(15)16)68(51(17)18)52(19)20)81(77(69(53(21)22)54(23)24)70(55(25)26)56(27)28)78(71(57(29)30)58(31)32)72(59(33)34)60(35)36/h1-27H;. The van der Waals surface area contributed by atoms with E-state index in [-0.39, 0.29) is 0 Å². The van der Waals surface area contributed by atoms with Crippen LogP contribution in [0.1, 0.15) is 0 Å². The van der Waals surface area contributed by atoms with Crippen molar-refractivity contribution < 1.29 is 0 Å². The van der Waals surface area contributed by atoms with Crippen LogP contribution in [0.3, 0.4) is 0 Å². The molecule has 2 heterocycles. The van der Waals surface area contributed by atoms with Gasteiger partial charge in [-0.05, 0) is 87.0 Å². The molecule has 7 aromatic rings. The molecule has 85 heteroatoms. The molecule has 0 aliphatic rings. The van der Waals surface area contributed by atoms with E-state index in [1.54, 1.807) is 0 Å². The summed E-state index contributed by atoms with van der Waals surface area (Å²) in [5.74, 6) is 0. The molecule has 125 heavy (non-hydrogen) atoms. The van der Waals surface area contributed by atoms with E-state index in [2.05, 4.69) is 125 Å². The Labute approximate surface area is 829 Å². The Morgan fingerprint density at radius 1 is 0.152 bits per heavy atom. The molecule has 0 spiro atoms. The van der Waals surface area contributed by atoms with E-state index in [4.69, 9.17) is 337 Å². The van der Waals surface area contributed by atoms with E-state index in [1.165, 1.54) is 0 Å². The van der Waals surface area contributed by atoms with Crippen LogP contribution in [0.15, 0.2) is 164 Å². The number of hydrogen-bond donors (Lipinski definition) is 0. The zero-order valence-electron chi connectivity index (χ0n) is 70.7. The SMILES string of the molecule is Clc1cc(-c2ccccc2-c2ccc(-c3ccccn3)cc2)cc(-c2ccccc2-c2ccc(-c3ccccn3)cc2)c1.[B]B([B])B(B([B])[B])B(B([B])[B])B(B(B([B])[B])B([B])[B])B(B(B(B(B([B])[B])B([B])[B])B(B([B])[B])B([B])[B])B(B(B([B])[B])B([B])[B])B(B([B])[B])B([B])[B])B(B(B(B([B])[B])B([B])[B])B(B([B])[B])B([B])[B])B(B(B([B])[B])B([B])[B])B(B([B])[B])B([B])[B]. The minimum absolute atomic E-state index is 0.702. The highest BCUT2D eigenvalue weighted by Gasteiger charge is 2.66. The highest BCUT2D eigenvalue weighted by molar-refractivity contribution is 8.42. The molecule has 0 atom stereocenters. The van der Waals surface area contributed by atoms with Gasteiger partial charge < -0.3 is 0 Å². The molecular formula is C40H27B82ClN2. The van der Waals surface area contributed by atoms with Crippen molar-refractivity contribution >= 4 is 592 Å². The van der Waals surface area contributed by atoms with Crippen LogP contribution in [0.25, 0.3) is 67.0 Å². The fourth-order valence-electron chi connectivity index (χ4n) is 20.2. The smallest absolute Gasteiger partial charge is 0.0701 e. The number of rotatable bonds is 45. The summed E-state index contributed by atoms with van der Waals surface area (Å²) in [6.07, 6.45) is -64.5. The van der Waals surface area contributed by atoms with E-state index in [9.17, 15) is 0 Å². The molecule has 0 bridgehead atoms. The summed E-state index contributed by atoms with van der Waals surface area (Å²) in [5.41, 5.74) is 13.1. The number of pyridine rings is 2. The van der Waals surface area contributed by atoms with Gasteiger partial charge in [0.15, 0.2) is 0 Å². The van der Waals surface area contributed by atoms with Gasteiger partial charge in [-0.3, -0.25) is 9.97 Å². The van der Waals surface area contributed by atoms with Crippen LogP contribution in [0, 0.1) is 0 Å².